The summed E-state index contributed by atoms with van der Waals surface area (Å²) >= 11 is 0. The van der Waals surface area contributed by atoms with Gasteiger partial charge in [0.05, 0.1) is 0 Å². The van der Waals surface area contributed by atoms with E-state index in [1.165, 1.54) is 109 Å². The Morgan fingerprint density at radius 1 is 0.440 bits per heavy atom. The predicted molar refractivity (Wildman–Crippen MR) is 114 cm³/mol. The SMILES string of the molecule is CCNCCNCCCCCCCCCCCCCCCCCCN. The van der Waals surface area contributed by atoms with Crippen molar-refractivity contribution in [3.8, 4) is 0 Å². The van der Waals surface area contributed by atoms with Crippen LogP contribution in [0, 0.1) is 0 Å². The lowest BCUT2D eigenvalue weighted by atomic mass is 10.0. The van der Waals surface area contributed by atoms with Crippen LogP contribution in [0.4, 0.5) is 0 Å². The van der Waals surface area contributed by atoms with Gasteiger partial charge in [0.1, 0.15) is 0 Å². The van der Waals surface area contributed by atoms with Gasteiger partial charge in [-0.15, -0.1) is 0 Å². The van der Waals surface area contributed by atoms with Crippen molar-refractivity contribution in [1.29, 1.82) is 0 Å². The molecule has 0 spiro atoms. The molecular weight excluding hydrogens is 306 g/mol. The lowest BCUT2D eigenvalue weighted by molar-refractivity contribution is 0.523. The molecule has 0 radical (unpaired) electrons. The van der Waals surface area contributed by atoms with Gasteiger partial charge in [-0.05, 0) is 32.5 Å². The van der Waals surface area contributed by atoms with Crippen molar-refractivity contribution < 1.29 is 0 Å². The topological polar surface area (TPSA) is 50.1 Å². The van der Waals surface area contributed by atoms with Crippen LogP contribution in [0.3, 0.4) is 0 Å². The van der Waals surface area contributed by atoms with Crippen LogP contribution in [0.5, 0.6) is 0 Å². The molecule has 3 heteroatoms. The molecule has 0 aromatic rings. The summed E-state index contributed by atoms with van der Waals surface area (Å²) in [6.07, 6.45) is 22.6. The Balaban J connectivity index is 2.94. The third-order valence-electron chi connectivity index (χ3n) is 5.04. The highest BCUT2D eigenvalue weighted by Crippen LogP contribution is 2.13. The smallest absolute Gasteiger partial charge is 0.00767 e. The molecule has 0 aromatic carbocycles. The van der Waals surface area contributed by atoms with E-state index < -0.39 is 0 Å². The summed E-state index contributed by atoms with van der Waals surface area (Å²) in [4.78, 5) is 0. The maximum absolute atomic E-state index is 5.51. The number of nitrogens with two attached hydrogens (primary N) is 1. The molecule has 0 rings (SSSR count). The third kappa shape index (κ3) is 23.9. The first kappa shape index (κ1) is 24.9. The van der Waals surface area contributed by atoms with E-state index in [0.717, 1.165) is 26.2 Å². The number of hydrogen-bond donors (Lipinski definition) is 3. The summed E-state index contributed by atoms with van der Waals surface area (Å²) in [5.41, 5.74) is 5.51. The molecule has 0 fully saturated rings. The fourth-order valence-electron chi connectivity index (χ4n) is 3.35. The van der Waals surface area contributed by atoms with Crippen LogP contribution in [0.25, 0.3) is 0 Å². The first-order valence-corrected chi connectivity index (χ1v) is 11.5. The van der Waals surface area contributed by atoms with E-state index in [-0.39, 0.29) is 0 Å². The largest absolute Gasteiger partial charge is 0.330 e. The zero-order valence-corrected chi connectivity index (χ0v) is 17.4. The Morgan fingerprint density at radius 3 is 1.20 bits per heavy atom. The summed E-state index contributed by atoms with van der Waals surface area (Å²) in [5.74, 6) is 0. The third-order valence-corrected chi connectivity index (χ3v) is 5.04. The Kier molecular flexibility index (Phi) is 23.8. The van der Waals surface area contributed by atoms with E-state index in [4.69, 9.17) is 5.73 Å². The second-order valence-electron chi connectivity index (χ2n) is 7.55. The summed E-state index contributed by atoms with van der Waals surface area (Å²) in [6.45, 7) is 7.52. The molecule has 3 nitrogen and oxygen atoms in total. The minimum Gasteiger partial charge on any atom is -0.330 e. The number of unbranched alkanes of at least 4 members (excludes halogenated alkanes) is 15. The summed E-state index contributed by atoms with van der Waals surface area (Å²) in [5, 5.41) is 6.85. The van der Waals surface area contributed by atoms with Crippen LogP contribution in [0.2, 0.25) is 0 Å². The normalized spacial score (nSPS) is 11.3. The van der Waals surface area contributed by atoms with E-state index in [1.54, 1.807) is 0 Å². The van der Waals surface area contributed by atoms with Gasteiger partial charge in [0.15, 0.2) is 0 Å². The van der Waals surface area contributed by atoms with Gasteiger partial charge in [0.25, 0.3) is 0 Å². The number of rotatable bonds is 22. The highest BCUT2D eigenvalue weighted by atomic mass is 14.9. The van der Waals surface area contributed by atoms with Crippen LogP contribution >= 0.6 is 0 Å². The van der Waals surface area contributed by atoms with Crippen molar-refractivity contribution in [3.63, 3.8) is 0 Å². The van der Waals surface area contributed by atoms with Gasteiger partial charge in [-0.25, -0.2) is 0 Å². The van der Waals surface area contributed by atoms with Gasteiger partial charge in [0, 0.05) is 13.1 Å². The molecule has 4 N–H and O–H groups in total. The van der Waals surface area contributed by atoms with Crippen molar-refractivity contribution in [1.82, 2.24) is 10.6 Å². The fraction of sp³-hybridized carbons (Fsp3) is 1.00. The van der Waals surface area contributed by atoms with Crippen molar-refractivity contribution in [2.45, 2.75) is 110 Å². The van der Waals surface area contributed by atoms with Gasteiger partial charge >= 0.3 is 0 Å². The molecule has 0 bridgehead atoms. The zero-order chi connectivity index (χ0) is 18.3. The van der Waals surface area contributed by atoms with Gasteiger partial charge in [-0.1, -0.05) is 96.8 Å². The molecular formula is C22H49N3. The van der Waals surface area contributed by atoms with E-state index in [9.17, 15) is 0 Å². The molecule has 0 aromatic heterocycles. The summed E-state index contributed by atoms with van der Waals surface area (Å²) in [7, 11) is 0. The minimum absolute atomic E-state index is 0.869. The molecule has 0 saturated heterocycles. The van der Waals surface area contributed by atoms with E-state index >= 15 is 0 Å². The van der Waals surface area contributed by atoms with Crippen LogP contribution in [0.1, 0.15) is 110 Å². The van der Waals surface area contributed by atoms with Gasteiger partial charge < -0.3 is 16.4 Å². The molecule has 25 heavy (non-hydrogen) atoms. The van der Waals surface area contributed by atoms with Crippen LogP contribution in [0.15, 0.2) is 0 Å². The molecule has 0 aliphatic carbocycles. The minimum atomic E-state index is 0.869. The van der Waals surface area contributed by atoms with E-state index in [2.05, 4.69) is 17.6 Å². The summed E-state index contributed by atoms with van der Waals surface area (Å²) < 4.78 is 0. The number of nitrogens with one attached hydrogen (secondary N) is 2. The average Bonchev–Trinajstić information content (AvgIpc) is 2.63. The Labute approximate surface area is 159 Å². The Morgan fingerprint density at radius 2 is 0.800 bits per heavy atom. The molecule has 0 aliphatic heterocycles. The molecule has 0 atom stereocenters. The molecule has 152 valence electrons. The Hall–Kier alpha value is -0.120. The molecule has 0 amide bonds. The zero-order valence-electron chi connectivity index (χ0n) is 17.4. The molecule has 0 heterocycles. The van der Waals surface area contributed by atoms with Crippen molar-refractivity contribution in [3.05, 3.63) is 0 Å². The van der Waals surface area contributed by atoms with Crippen molar-refractivity contribution in [2.75, 3.05) is 32.7 Å². The first-order valence-electron chi connectivity index (χ1n) is 11.5. The molecule has 0 saturated carbocycles. The number of hydrogen-bond acceptors (Lipinski definition) is 3. The highest BCUT2D eigenvalue weighted by Gasteiger charge is 1.95. The maximum atomic E-state index is 5.51. The monoisotopic (exact) mass is 355 g/mol. The fourth-order valence-corrected chi connectivity index (χ4v) is 3.35. The average molecular weight is 356 g/mol. The lowest BCUT2D eigenvalue weighted by Gasteiger charge is -2.05. The van der Waals surface area contributed by atoms with Gasteiger partial charge in [-0.2, -0.15) is 0 Å². The molecule has 0 unspecified atom stereocenters. The van der Waals surface area contributed by atoms with Crippen LogP contribution < -0.4 is 16.4 Å². The second kappa shape index (κ2) is 23.9. The molecule has 0 aliphatic rings. The second-order valence-corrected chi connectivity index (χ2v) is 7.55. The van der Waals surface area contributed by atoms with Crippen LogP contribution in [-0.2, 0) is 0 Å². The standard InChI is InChI=1S/C22H49N3/c1-2-24-21-22-25-20-18-16-14-12-10-8-6-4-3-5-7-9-11-13-15-17-19-23/h24-25H,2-23H2,1H3. The number of likely N-dealkylation sites (N-methyl/N-ethyl adjacent to an activating group) is 1. The predicted octanol–water partition coefficient (Wildman–Crippen LogP) is 5.39. The quantitative estimate of drug-likeness (QED) is 0.228. The first-order chi connectivity index (χ1) is 12.4. The lowest BCUT2D eigenvalue weighted by Crippen LogP contribution is -2.27. The Bertz CT molecular complexity index is 199. The van der Waals surface area contributed by atoms with Crippen molar-refractivity contribution in [2.24, 2.45) is 5.73 Å². The van der Waals surface area contributed by atoms with E-state index in [1.807, 2.05) is 0 Å². The van der Waals surface area contributed by atoms with Gasteiger partial charge in [-0.3, -0.25) is 0 Å². The van der Waals surface area contributed by atoms with Crippen molar-refractivity contribution >= 4 is 0 Å². The maximum Gasteiger partial charge on any atom is 0.00767 e. The van der Waals surface area contributed by atoms with E-state index in [0.29, 0.717) is 0 Å². The summed E-state index contributed by atoms with van der Waals surface area (Å²) in [6, 6.07) is 0. The van der Waals surface area contributed by atoms with Gasteiger partial charge in [0.2, 0.25) is 0 Å². The van der Waals surface area contributed by atoms with Crippen LogP contribution in [-0.4, -0.2) is 32.7 Å². The highest BCUT2D eigenvalue weighted by molar-refractivity contribution is 4.53.